The summed E-state index contributed by atoms with van der Waals surface area (Å²) in [4.78, 5) is 5.32. The molecular weight excluding hydrogens is 290 g/mol. The molecule has 126 valence electrons. The monoisotopic (exact) mass is 319 g/mol. The maximum atomic E-state index is 5.32. The van der Waals surface area contributed by atoms with Crippen LogP contribution >= 0.6 is 0 Å². The van der Waals surface area contributed by atoms with Crippen molar-refractivity contribution in [3.05, 3.63) is 47.0 Å². The van der Waals surface area contributed by atoms with E-state index in [4.69, 9.17) is 4.99 Å². The summed E-state index contributed by atoms with van der Waals surface area (Å²) >= 11 is 0. The van der Waals surface area contributed by atoms with E-state index in [1.807, 2.05) is 0 Å². The molecule has 1 spiro atoms. The van der Waals surface area contributed by atoms with Gasteiger partial charge in [0.15, 0.2) is 0 Å². The highest BCUT2D eigenvalue weighted by Gasteiger charge is 2.56. The first-order chi connectivity index (χ1) is 11.9. The van der Waals surface area contributed by atoms with Crippen LogP contribution in [0, 0.1) is 5.92 Å². The Bertz CT molecular complexity index is 686. The topological polar surface area (TPSA) is 12.4 Å². The van der Waals surface area contributed by atoms with E-state index < -0.39 is 0 Å². The van der Waals surface area contributed by atoms with Crippen molar-refractivity contribution in [3.63, 3.8) is 0 Å². The van der Waals surface area contributed by atoms with Crippen molar-refractivity contribution in [1.29, 1.82) is 0 Å². The zero-order valence-corrected chi connectivity index (χ0v) is 14.8. The van der Waals surface area contributed by atoms with Gasteiger partial charge in [0.1, 0.15) is 0 Å². The molecule has 0 N–H and O–H groups in total. The van der Waals surface area contributed by atoms with Gasteiger partial charge in [-0.1, -0.05) is 68.9 Å². The minimum atomic E-state index is 0.132. The predicted octanol–water partition coefficient (Wildman–Crippen LogP) is 5.77. The highest BCUT2D eigenvalue weighted by Crippen LogP contribution is 2.58. The Morgan fingerprint density at radius 2 is 1.62 bits per heavy atom. The van der Waals surface area contributed by atoms with E-state index in [9.17, 15) is 0 Å². The van der Waals surface area contributed by atoms with E-state index >= 15 is 0 Å². The summed E-state index contributed by atoms with van der Waals surface area (Å²) in [5.41, 5.74) is 5.14. The molecule has 0 unspecified atom stereocenters. The van der Waals surface area contributed by atoms with Crippen molar-refractivity contribution in [2.24, 2.45) is 10.9 Å². The van der Waals surface area contributed by atoms with Gasteiger partial charge in [-0.3, -0.25) is 4.99 Å². The number of hydrogen-bond donors (Lipinski definition) is 0. The zero-order chi connectivity index (χ0) is 16.0. The number of hydrogen-bond acceptors (Lipinski definition) is 1. The largest absolute Gasteiger partial charge is 0.285 e. The van der Waals surface area contributed by atoms with Gasteiger partial charge in [0.05, 0.1) is 11.0 Å². The van der Waals surface area contributed by atoms with E-state index in [-0.39, 0.29) is 11.0 Å². The summed E-state index contributed by atoms with van der Waals surface area (Å²) in [6.45, 7) is 0. The summed E-state index contributed by atoms with van der Waals surface area (Å²) in [5.74, 6) is 0.768. The predicted molar refractivity (Wildman–Crippen MR) is 101 cm³/mol. The van der Waals surface area contributed by atoms with Gasteiger partial charge < -0.3 is 0 Å². The van der Waals surface area contributed by atoms with Crippen molar-refractivity contribution in [2.75, 3.05) is 0 Å². The van der Waals surface area contributed by atoms with Gasteiger partial charge in [-0.25, -0.2) is 0 Å². The van der Waals surface area contributed by atoms with Crippen molar-refractivity contribution < 1.29 is 0 Å². The second-order valence-corrected chi connectivity index (χ2v) is 8.53. The van der Waals surface area contributed by atoms with Crippen LogP contribution in [0.25, 0.3) is 0 Å². The summed E-state index contributed by atoms with van der Waals surface area (Å²) in [5, 5.41) is 0. The maximum absolute atomic E-state index is 5.32. The minimum Gasteiger partial charge on any atom is -0.285 e. The van der Waals surface area contributed by atoms with Gasteiger partial charge in [0.2, 0.25) is 0 Å². The summed E-state index contributed by atoms with van der Waals surface area (Å²) in [6, 6.07) is 9.25. The van der Waals surface area contributed by atoms with Gasteiger partial charge in [0, 0.05) is 6.21 Å². The van der Waals surface area contributed by atoms with Crippen molar-refractivity contribution >= 4 is 6.21 Å². The van der Waals surface area contributed by atoms with E-state index in [0.29, 0.717) is 0 Å². The molecule has 1 nitrogen and oxygen atoms in total. The molecule has 2 fully saturated rings. The lowest BCUT2D eigenvalue weighted by Gasteiger charge is -2.47. The van der Waals surface area contributed by atoms with E-state index in [1.165, 1.54) is 64.2 Å². The Labute approximate surface area is 146 Å². The zero-order valence-electron chi connectivity index (χ0n) is 14.8. The Morgan fingerprint density at radius 1 is 0.875 bits per heavy atom. The highest BCUT2D eigenvalue weighted by atomic mass is 14.9. The molecule has 2 saturated carbocycles. The second kappa shape index (κ2) is 5.58. The van der Waals surface area contributed by atoms with Crippen molar-refractivity contribution in [3.8, 4) is 0 Å². The first kappa shape index (κ1) is 14.9. The molecule has 0 saturated heterocycles. The Hall–Kier alpha value is -1.37. The van der Waals surface area contributed by atoms with Crippen LogP contribution in [0.1, 0.15) is 75.3 Å². The molecular formula is C23H29N. The second-order valence-electron chi connectivity index (χ2n) is 8.53. The van der Waals surface area contributed by atoms with E-state index in [0.717, 1.165) is 12.3 Å². The lowest BCUT2D eigenvalue weighted by molar-refractivity contribution is 0.262. The lowest BCUT2D eigenvalue weighted by atomic mass is 9.55. The molecule has 1 heteroatoms. The smallest absolute Gasteiger partial charge is 0.0825 e. The molecule has 1 aromatic carbocycles. The summed E-state index contributed by atoms with van der Waals surface area (Å²) < 4.78 is 0. The lowest BCUT2D eigenvalue weighted by Crippen LogP contribution is -2.45. The van der Waals surface area contributed by atoms with E-state index in [2.05, 4.69) is 36.6 Å². The van der Waals surface area contributed by atoms with Crippen LogP contribution in [0.4, 0.5) is 0 Å². The maximum Gasteiger partial charge on any atom is 0.0825 e. The number of allylic oxidation sites excluding steroid dienone is 1. The van der Waals surface area contributed by atoms with Crippen LogP contribution in [0.5, 0.6) is 0 Å². The van der Waals surface area contributed by atoms with Crippen LogP contribution in [-0.4, -0.2) is 11.8 Å². The standard InChI is InChI=1S/C23H29N/c1-3-10-19(11-4-1)23-17-24-22(15-7-2-8-16-22)21(23)14-13-18-9-5-6-12-20(18)23/h5-6,9,12,14,17,19H,1-4,7-8,10-11,13,15-16H2/t23-/m1/s1. The number of nitrogens with zero attached hydrogens (tertiary/aromatic N) is 1. The molecule has 3 aliphatic carbocycles. The Kier molecular flexibility index (Phi) is 3.47. The molecule has 1 heterocycles. The average Bonchev–Trinajstić information content (AvgIpc) is 2.98. The average molecular weight is 319 g/mol. The van der Waals surface area contributed by atoms with Gasteiger partial charge in [-0.05, 0) is 54.7 Å². The molecule has 0 bridgehead atoms. The molecule has 0 radical (unpaired) electrons. The number of rotatable bonds is 1. The van der Waals surface area contributed by atoms with Crippen molar-refractivity contribution in [2.45, 2.75) is 81.6 Å². The fourth-order valence-corrected chi connectivity index (χ4v) is 6.28. The Morgan fingerprint density at radius 3 is 2.46 bits per heavy atom. The normalized spacial score (nSPS) is 31.6. The summed E-state index contributed by atoms with van der Waals surface area (Å²) in [6.07, 6.45) is 19.9. The van der Waals surface area contributed by atoms with Gasteiger partial charge in [0.25, 0.3) is 0 Å². The number of fused-ring (bicyclic) bond motifs is 4. The molecule has 5 rings (SSSR count). The highest BCUT2D eigenvalue weighted by molar-refractivity contribution is 5.86. The van der Waals surface area contributed by atoms with Crippen LogP contribution < -0.4 is 0 Å². The van der Waals surface area contributed by atoms with Crippen LogP contribution in [0.2, 0.25) is 0 Å². The molecule has 1 aliphatic heterocycles. The van der Waals surface area contributed by atoms with Crippen LogP contribution in [0.15, 0.2) is 40.9 Å². The number of benzene rings is 1. The first-order valence-electron chi connectivity index (χ1n) is 10.2. The fourth-order valence-electron chi connectivity index (χ4n) is 6.28. The van der Waals surface area contributed by atoms with Gasteiger partial charge in [-0.2, -0.15) is 0 Å². The third kappa shape index (κ3) is 1.96. The summed E-state index contributed by atoms with van der Waals surface area (Å²) in [7, 11) is 0. The Balaban J connectivity index is 1.67. The van der Waals surface area contributed by atoms with E-state index in [1.54, 1.807) is 16.7 Å². The van der Waals surface area contributed by atoms with Gasteiger partial charge >= 0.3 is 0 Å². The molecule has 1 aromatic rings. The molecule has 0 aromatic heterocycles. The molecule has 0 amide bonds. The molecule has 24 heavy (non-hydrogen) atoms. The fraction of sp³-hybridized carbons (Fsp3) is 0.609. The SMILES string of the molecule is C1=NC2(CCCCC2)C2=CCc3ccccc3[C@]12C1CCCCC1. The van der Waals surface area contributed by atoms with Crippen LogP contribution in [-0.2, 0) is 11.8 Å². The third-order valence-electron chi connectivity index (χ3n) is 7.38. The van der Waals surface area contributed by atoms with Crippen molar-refractivity contribution in [1.82, 2.24) is 0 Å². The third-order valence-corrected chi connectivity index (χ3v) is 7.38. The first-order valence-corrected chi connectivity index (χ1v) is 10.2. The molecule has 1 atom stereocenters. The molecule has 4 aliphatic rings. The van der Waals surface area contributed by atoms with Crippen LogP contribution in [0.3, 0.4) is 0 Å². The van der Waals surface area contributed by atoms with Gasteiger partial charge in [-0.15, -0.1) is 0 Å². The quantitative estimate of drug-likeness (QED) is 0.582. The minimum absolute atomic E-state index is 0.132. The number of aliphatic imine (C=N–C) groups is 1.